The van der Waals surface area contributed by atoms with Gasteiger partial charge in [-0.25, -0.2) is 0 Å². The van der Waals surface area contributed by atoms with Crippen molar-refractivity contribution >= 4 is 15.2 Å². The summed E-state index contributed by atoms with van der Waals surface area (Å²) in [6, 6.07) is 0. The smallest absolute Gasteiger partial charge is 0.365 e. The summed E-state index contributed by atoms with van der Waals surface area (Å²) in [6.45, 7) is 0.750. The molecule has 0 rings (SSSR count). The van der Waals surface area contributed by atoms with E-state index in [2.05, 4.69) is 0 Å². The van der Waals surface area contributed by atoms with E-state index in [4.69, 9.17) is 30.4 Å². The lowest BCUT2D eigenvalue weighted by Crippen LogP contribution is -2.48. The highest BCUT2D eigenvalue weighted by Gasteiger charge is 2.53. The topological polar surface area (TPSA) is 161 Å². The molecule has 7 N–H and O–H groups in total. The lowest BCUT2D eigenvalue weighted by Gasteiger charge is -2.30. The van der Waals surface area contributed by atoms with Crippen molar-refractivity contribution in [2.45, 2.75) is 18.0 Å². The van der Waals surface area contributed by atoms with E-state index in [1.807, 2.05) is 0 Å². The minimum Gasteiger partial charge on any atom is -0.365 e. The van der Waals surface area contributed by atoms with Crippen LogP contribution in [0.1, 0.15) is 6.92 Å². The highest BCUT2D eigenvalue weighted by atomic mass is 31.2. The van der Waals surface area contributed by atoms with Crippen LogP contribution >= 0.6 is 15.2 Å². The number of hydrogen-bond acceptors (Lipinski definition) is 4. The summed E-state index contributed by atoms with van der Waals surface area (Å²) in [5, 5.41) is 8.98. The van der Waals surface area contributed by atoms with Gasteiger partial charge in [0.2, 0.25) is 5.47 Å². The van der Waals surface area contributed by atoms with Crippen LogP contribution in [0.3, 0.4) is 0 Å². The quantitative estimate of drug-likeness (QED) is 0.250. The molecule has 0 aliphatic rings. The molecule has 0 fully saturated rings. The Bertz CT molecular complexity index is 275. The molecule has 80 valence electrons. The molecule has 0 heterocycles. The van der Waals surface area contributed by atoms with E-state index in [1.54, 1.807) is 0 Å². The summed E-state index contributed by atoms with van der Waals surface area (Å²) in [5.74, 6) is 0. The van der Waals surface area contributed by atoms with Gasteiger partial charge in [0.1, 0.15) is 5.66 Å². The van der Waals surface area contributed by atoms with Crippen LogP contribution in [0, 0.1) is 0 Å². The Labute approximate surface area is 73.7 Å². The summed E-state index contributed by atoms with van der Waals surface area (Å²) in [4.78, 5) is 34.0. The maximum atomic E-state index is 10.5. The van der Waals surface area contributed by atoms with E-state index in [-0.39, 0.29) is 0 Å². The molecule has 0 aromatic rings. The second kappa shape index (κ2) is 3.42. The van der Waals surface area contributed by atoms with Gasteiger partial charge in [-0.2, -0.15) is 0 Å². The molecule has 13 heavy (non-hydrogen) atoms. The summed E-state index contributed by atoms with van der Waals surface area (Å²) in [7, 11) is -10.0. The fourth-order valence-electron chi connectivity index (χ4n) is 0.491. The predicted molar refractivity (Wildman–Crippen MR) is 42.7 cm³/mol. The Hall–Kier alpha value is 0.220. The Balaban J connectivity index is 5.09. The van der Waals surface area contributed by atoms with Crippen LogP contribution in [0.5, 0.6) is 0 Å². The highest BCUT2D eigenvalue weighted by molar-refractivity contribution is 7.57. The number of nitrogens with two attached hydrogens (primary N) is 1. The average molecular weight is 235 g/mol. The van der Waals surface area contributed by atoms with Crippen LogP contribution in [-0.4, -0.2) is 35.8 Å². The van der Waals surface area contributed by atoms with E-state index < -0.39 is 26.3 Å². The lowest BCUT2D eigenvalue weighted by molar-refractivity contribution is 0.0885. The summed E-state index contributed by atoms with van der Waals surface area (Å²) in [6.07, 6.45) is 0. The van der Waals surface area contributed by atoms with Crippen LogP contribution in [0.2, 0.25) is 0 Å². The third-order valence-corrected chi connectivity index (χ3v) is 4.51. The van der Waals surface area contributed by atoms with Crippen molar-refractivity contribution in [2.75, 3.05) is 0 Å². The minimum atomic E-state index is -5.18. The normalized spacial score (nSPS) is 20.8. The monoisotopic (exact) mass is 235 g/mol. The molecule has 10 heteroatoms. The summed E-state index contributed by atoms with van der Waals surface area (Å²) >= 11 is 0. The Morgan fingerprint density at radius 1 is 1.23 bits per heavy atom. The Kier molecular flexibility index (Phi) is 3.47. The molecule has 0 radical (unpaired) electrons. The van der Waals surface area contributed by atoms with E-state index in [0.717, 1.165) is 6.92 Å². The third-order valence-electron chi connectivity index (χ3n) is 1.59. The van der Waals surface area contributed by atoms with Gasteiger partial charge in [0.25, 0.3) is 0 Å². The Morgan fingerprint density at radius 3 is 1.62 bits per heavy atom. The van der Waals surface area contributed by atoms with E-state index in [0.29, 0.717) is 0 Å². The molecule has 8 nitrogen and oxygen atoms in total. The van der Waals surface area contributed by atoms with Crippen molar-refractivity contribution in [1.82, 2.24) is 0 Å². The van der Waals surface area contributed by atoms with Crippen LogP contribution in [-0.2, 0) is 9.13 Å². The van der Waals surface area contributed by atoms with Crippen LogP contribution in [0.4, 0.5) is 0 Å². The lowest BCUT2D eigenvalue weighted by atomic mass is 10.4. The van der Waals surface area contributed by atoms with Crippen molar-refractivity contribution in [3.05, 3.63) is 0 Å². The van der Waals surface area contributed by atoms with Gasteiger partial charge in [-0.15, -0.1) is 0 Å². The first-order chi connectivity index (χ1) is 5.40. The predicted octanol–water partition coefficient (Wildman–Crippen LogP) is -1.66. The van der Waals surface area contributed by atoms with E-state index >= 15 is 0 Å². The van der Waals surface area contributed by atoms with Crippen LogP contribution in [0.25, 0.3) is 0 Å². The van der Waals surface area contributed by atoms with Crippen molar-refractivity contribution in [3.8, 4) is 0 Å². The second-order valence-corrected chi connectivity index (χ2v) is 6.35. The zero-order valence-corrected chi connectivity index (χ0v) is 8.39. The molecule has 0 spiro atoms. The zero-order chi connectivity index (χ0) is 11.1. The van der Waals surface area contributed by atoms with E-state index in [1.165, 1.54) is 0 Å². The highest BCUT2D eigenvalue weighted by Crippen LogP contribution is 2.57. The van der Waals surface area contributed by atoms with Crippen molar-refractivity contribution in [1.29, 1.82) is 0 Å². The van der Waals surface area contributed by atoms with Crippen LogP contribution in [0.15, 0.2) is 0 Å². The summed E-state index contributed by atoms with van der Waals surface area (Å²) in [5.41, 5.74) is -0.533. The maximum Gasteiger partial charge on any atom is 0.372 e. The molecule has 0 saturated heterocycles. The fourth-order valence-corrected chi connectivity index (χ4v) is 2.38. The number of aliphatic hydroxyl groups is 1. The fraction of sp³-hybridized carbons (Fsp3) is 1.00. The molecule has 0 aromatic heterocycles. The van der Waals surface area contributed by atoms with Gasteiger partial charge in [-0.1, -0.05) is 0 Å². The standard InChI is InChI=1S/C3H11NO7P2/c1-2(12(6,7)8)3(4,5)13(9,10)11/h2,5H,4H2,1H3,(H2,6,7,8)(H2,9,10,11). The molecular formula is C3H11NO7P2. The minimum absolute atomic E-state index is 0.750. The summed E-state index contributed by atoms with van der Waals surface area (Å²) < 4.78 is 21.1. The van der Waals surface area contributed by atoms with Gasteiger partial charge >= 0.3 is 15.2 Å². The molecule has 0 bridgehead atoms. The molecule has 0 aliphatic carbocycles. The number of rotatable bonds is 3. The molecule has 0 saturated carbocycles. The van der Waals surface area contributed by atoms with Gasteiger partial charge in [0, 0.05) is 0 Å². The van der Waals surface area contributed by atoms with Crippen molar-refractivity contribution < 1.29 is 33.8 Å². The Morgan fingerprint density at radius 2 is 1.54 bits per heavy atom. The first-order valence-electron chi connectivity index (χ1n) is 3.03. The van der Waals surface area contributed by atoms with Gasteiger partial charge in [-0.3, -0.25) is 14.9 Å². The first-order valence-corrected chi connectivity index (χ1v) is 6.32. The first kappa shape index (κ1) is 13.2. The molecular weight excluding hydrogens is 224 g/mol. The van der Waals surface area contributed by atoms with Gasteiger partial charge in [-0.05, 0) is 6.92 Å². The van der Waals surface area contributed by atoms with E-state index in [9.17, 15) is 9.13 Å². The molecule has 2 atom stereocenters. The van der Waals surface area contributed by atoms with Crippen LogP contribution < -0.4 is 5.73 Å². The molecule has 0 amide bonds. The average Bonchev–Trinajstić information content (AvgIpc) is 1.81. The molecule has 0 aliphatic heterocycles. The van der Waals surface area contributed by atoms with Gasteiger partial charge in [0.05, 0.1) is 0 Å². The maximum absolute atomic E-state index is 10.5. The zero-order valence-electron chi connectivity index (χ0n) is 6.60. The SMILES string of the molecule is CC(C(N)(O)P(=O)(O)O)P(=O)(O)O. The second-order valence-electron chi connectivity index (χ2n) is 2.59. The van der Waals surface area contributed by atoms with Gasteiger partial charge < -0.3 is 24.7 Å². The molecule has 2 unspecified atom stereocenters. The van der Waals surface area contributed by atoms with Gasteiger partial charge in [0.15, 0.2) is 0 Å². The third kappa shape index (κ3) is 2.83. The number of hydrogen-bond donors (Lipinski definition) is 6. The van der Waals surface area contributed by atoms with Crippen molar-refractivity contribution in [2.24, 2.45) is 5.73 Å². The largest absolute Gasteiger partial charge is 0.372 e. The van der Waals surface area contributed by atoms with Crippen molar-refractivity contribution in [3.63, 3.8) is 0 Å². The molecule has 0 aromatic carbocycles.